The molecule has 3 rings (SSSR count). The number of furan rings is 1. The number of carbonyl (C=O) groups excluding carboxylic acids is 1. The third-order valence-electron chi connectivity index (χ3n) is 4.30. The molecule has 7 heteroatoms. The van der Waals surface area contributed by atoms with Gasteiger partial charge in [0, 0.05) is 28.6 Å². The van der Waals surface area contributed by atoms with Crippen LogP contribution in [0.5, 0.6) is 0 Å². The maximum atomic E-state index is 13.2. The van der Waals surface area contributed by atoms with Gasteiger partial charge in [0.1, 0.15) is 11.5 Å². The van der Waals surface area contributed by atoms with Crippen LogP contribution in [-0.4, -0.2) is 5.91 Å². The maximum Gasteiger partial charge on any atom is 0.417 e. The molecule has 146 valence electrons. The number of carbonyl (C=O) groups is 1. The van der Waals surface area contributed by atoms with Gasteiger partial charge in [-0.1, -0.05) is 40.2 Å². The Hall–Kier alpha value is -2.54. The van der Waals surface area contributed by atoms with Gasteiger partial charge in [-0.25, -0.2) is 0 Å². The van der Waals surface area contributed by atoms with Gasteiger partial charge in [0.25, 0.3) is 0 Å². The van der Waals surface area contributed by atoms with Crippen molar-refractivity contribution in [3.8, 4) is 11.3 Å². The van der Waals surface area contributed by atoms with E-state index < -0.39 is 11.7 Å². The molecule has 0 saturated heterocycles. The quantitative estimate of drug-likeness (QED) is 0.474. The number of amides is 1. The Balaban J connectivity index is 1.67. The third kappa shape index (κ3) is 4.65. The number of hydrogen-bond donors (Lipinski definition) is 1. The Labute approximate surface area is 168 Å². The average Bonchev–Trinajstić information content (AvgIpc) is 3.12. The van der Waals surface area contributed by atoms with Crippen LogP contribution >= 0.6 is 15.9 Å². The molecular formula is C21H17BrF3NO2. The van der Waals surface area contributed by atoms with Crippen molar-refractivity contribution in [3.63, 3.8) is 0 Å². The van der Waals surface area contributed by atoms with Gasteiger partial charge in [0.2, 0.25) is 5.91 Å². The number of halogens is 4. The van der Waals surface area contributed by atoms with Gasteiger partial charge in [-0.15, -0.1) is 0 Å². The summed E-state index contributed by atoms with van der Waals surface area (Å²) in [5.74, 6) is 0.383. The fourth-order valence-corrected chi connectivity index (χ4v) is 3.16. The summed E-state index contributed by atoms with van der Waals surface area (Å²) in [5.41, 5.74) is 0.854. The monoisotopic (exact) mass is 451 g/mol. The minimum atomic E-state index is -4.47. The largest absolute Gasteiger partial charge is 0.461 e. The summed E-state index contributed by atoms with van der Waals surface area (Å²) in [4.78, 5) is 12.2. The predicted molar refractivity (Wildman–Crippen MR) is 105 cm³/mol. The first-order chi connectivity index (χ1) is 13.3. The second-order valence-corrected chi connectivity index (χ2v) is 7.12. The second kappa shape index (κ2) is 8.22. The van der Waals surface area contributed by atoms with E-state index in [1.807, 2.05) is 19.1 Å². The lowest BCUT2D eigenvalue weighted by molar-refractivity contribution is -0.137. The Bertz CT molecular complexity index is 995. The molecule has 0 unspecified atom stereocenters. The Morgan fingerprint density at radius 3 is 2.57 bits per heavy atom. The van der Waals surface area contributed by atoms with E-state index in [9.17, 15) is 18.0 Å². The molecule has 0 saturated carbocycles. The first-order valence-electron chi connectivity index (χ1n) is 8.56. The smallest absolute Gasteiger partial charge is 0.417 e. The summed E-state index contributed by atoms with van der Waals surface area (Å²) in [6, 6.07) is 13.9. The fourth-order valence-electron chi connectivity index (χ4n) is 2.79. The lowest BCUT2D eigenvalue weighted by Crippen LogP contribution is -2.13. The highest BCUT2D eigenvalue weighted by Crippen LogP contribution is 2.37. The zero-order chi connectivity index (χ0) is 20.3. The summed E-state index contributed by atoms with van der Waals surface area (Å²) < 4.78 is 45.9. The highest BCUT2D eigenvalue weighted by atomic mass is 79.9. The number of alkyl halides is 3. The Morgan fingerprint density at radius 2 is 1.82 bits per heavy atom. The van der Waals surface area contributed by atoms with Crippen molar-refractivity contribution in [2.24, 2.45) is 0 Å². The van der Waals surface area contributed by atoms with Crippen LogP contribution < -0.4 is 5.32 Å². The minimum absolute atomic E-state index is 0.0181. The van der Waals surface area contributed by atoms with Crippen LogP contribution in [0.15, 0.2) is 63.5 Å². The number of nitrogens with one attached hydrogen (secondary N) is 1. The predicted octanol–water partition coefficient (Wildman–Crippen LogP) is 6.61. The first-order valence-corrected chi connectivity index (χ1v) is 9.35. The zero-order valence-corrected chi connectivity index (χ0v) is 16.5. The minimum Gasteiger partial charge on any atom is -0.461 e. The molecule has 0 aliphatic heterocycles. The van der Waals surface area contributed by atoms with Crippen LogP contribution in [0.3, 0.4) is 0 Å². The van der Waals surface area contributed by atoms with Gasteiger partial charge in [0.15, 0.2) is 0 Å². The molecule has 1 heterocycles. The van der Waals surface area contributed by atoms with Crippen molar-refractivity contribution >= 4 is 27.5 Å². The zero-order valence-electron chi connectivity index (χ0n) is 14.9. The van der Waals surface area contributed by atoms with Crippen LogP contribution in [0.4, 0.5) is 18.9 Å². The van der Waals surface area contributed by atoms with Crippen molar-refractivity contribution in [1.29, 1.82) is 0 Å². The molecule has 3 aromatic rings. The van der Waals surface area contributed by atoms with E-state index in [1.54, 1.807) is 12.1 Å². The van der Waals surface area contributed by atoms with Crippen molar-refractivity contribution in [3.05, 3.63) is 76.0 Å². The van der Waals surface area contributed by atoms with Gasteiger partial charge in [-0.2, -0.15) is 13.2 Å². The number of benzene rings is 2. The molecule has 0 bridgehead atoms. The number of hydrogen-bond acceptors (Lipinski definition) is 2. The average molecular weight is 452 g/mol. The molecule has 1 aromatic heterocycles. The standard InChI is InChI=1S/C21H17BrF3NO2/c1-13-17(22)7-4-8-18(13)26-20(27)12-10-14-9-11-19(28-14)15-5-2-3-6-16(15)21(23,24)25/h2-9,11H,10,12H2,1H3,(H,26,27). The van der Waals surface area contributed by atoms with E-state index in [-0.39, 0.29) is 30.1 Å². The van der Waals surface area contributed by atoms with Crippen molar-refractivity contribution in [1.82, 2.24) is 0 Å². The molecule has 0 spiro atoms. The summed E-state index contributed by atoms with van der Waals surface area (Å²) >= 11 is 3.41. The van der Waals surface area contributed by atoms with Crippen molar-refractivity contribution in [2.75, 3.05) is 5.32 Å². The Morgan fingerprint density at radius 1 is 1.07 bits per heavy atom. The summed E-state index contributed by atoms with van der Waals surface area (Å²) in [6.45, 7) is 1.89. The first kappa shape index (κ1) is 20.2. The SMILES string of the molecule is Cc1c(Br)cccc1NC(=O)CCc1ccc(-c2ccccc2C(F)(F)F)o1. The highest BCUT2D eigenvalue weighted by molar-refractivity contribution is 9.10. The van der Waals surface area contributed by atoms with Crippen LogP contribution in [0.1, 0.15) is 23.3 Å². The van der Waals surface area contributed by atoms with Crippen LogP contribution in [0, 0.1) is 6.92 Å². The number of anilines is 1. The molecule has 0 atom stereocenters. The summed E-state index contributed by atoms with van der Waals surface area (Å²) in [5, 5.41) is 2.83. The van der Waals surface area contributed by atoms with Crippen LogP contribution in [0.2, 0.25) is 0 Å². The van der Waals surface area contributed by atoms with Gasteiger partial charge in [-0.05, 0) is 42.8 Å². The molecular weight excluding hydrogens is 435 g/mol. The van der Waals surface area contributed by atoms with Crippen LogP contribution in [-0.2, 0) is 17.4 Å². The van der Waals surface area contributed by atoms with E-state index >= 15 is 0 Å². The van der Waals surface area contributed by atoms with E-state index in [0.29, 0.717) is 11.4 Å². The van der Waals surface area contributed by atoms with Crippen LogP contribution in [0.25, 0.3) is 11.3 Å². The van der Waals surface area contributed by atoms with Gasteiger partial charge < -0.3 is 9.73 Å². The molecule has 2 aromatic carbocycles. The molecule has 28 heavy (non-hydrogen) atoms. The van der Waals surface area contributed by atoms with E-state index in [4.69, 9.17) is 4.42 Å². The topological polar surface area (TPSA) is 42.2 Å². The summed E-state index contributed by atoms with van der Waals surface area (Å²) in [7, 11) is 0. The fraction of sp³-hybridized carbons (Fsp3) is 0.190. The van der Waals surface area contributed by atoms with Gasteiger partial charge >= 0.3 is 6.18 Å². The Kier molecular flexibility index (Phi) is 5.93. The lowest BCUT2D eigenvalue weighted by atomic mass is 10.1. The maximum absolute atomic E-state index is 13.2. The van der Waals surface area contributed by atoms with Gasteiger partial charge in [0.05, 0.1) is 5.56 Å². The molecule has 0 fully saturated rings. The lowest BCUT2D eigenvalue weighted by Gasteiger charge is -2.10. The third-order valence-corrected chi connectivity index (χ3v) is 5.16. The van der Waals surface area contributed by atoms with Crippen molar-refractivity contribution < 1.29 is 22.4 Å². The molecule has 3 nitrogen and oxygen atoms in total. The van der Waals surface area contributed by atoms with E-state index in [0.717, 1.165) is 16.1 Å². The summed E-state index contributed by atoms with van der Waals surface area (Å²) in [6.07, 6.45) is -4.03. The highest BCUT2D eigenvalue weighted by Gasteiger charge is 2.34. The molecule has 0 aliphatic carbocycles. The normalized spacial score (nSPS) is 11.5. The molecule has 1 amide bonds. The van der Waals surface area contributed by atoms with E-state index in [1.165, 1.54) is 24.3 Å². The second-order valence-electron chi connectivity index (χ2n) is 6.27. The number of rotatable bonds is 5. The molecule has 0 aliphatic rings. The number of aryl methyl sites for hydroxylation is 1. The molecule has 1 N–H and O–H groups in total. The molecule has 0 radical (unpaired) electrons. The van der Waals surface area contributed by atoms with E-state index in [2.05, 4.69) is 21.2 Å². The van der Waals surface area contributed by atoms with Gasteiger partial charge in [-0.3, -0.25) is 4.79 Å². The van der Waals surface area contributed by atoms with Crippen molar-refractivity contribution in [2.45, 2.75) is 25.9 Å².